The highest BCUT2D eigenvalue weighted by Crippen LogP contribution is 2.27. The zero-order valence-corrected chi connectivity index (χ0v) is 12.3. The molecule has 1 saturated heterocycles. The molecule has 4 nitrogen and oxygen atoms in total. The Labute approximate surface area is 121 Å². The van der Waals surface area contributed by atoms with Gasteiger partial charge in [-0.25, -0.2) is 4.98 Å². The van der Waals surface area contributed by atoms with Crippen molar-refractivity contribution in [1.29, 1.82) is 0 Å². The minimum absolute atomic E-state index is 0.217. The minimum Gasteiger partial charge on any atom is -0.370 e. The molecule has 0 spiro atoms. The predicted octanol–water partition coefficient (Wildman–Crippen LogP) is 3.19. The van der Waals surface area contributed by atoms with Crippen molar-refractivity contribution in [3.63, 3.8) is 0 Å². The number of imidazole rings is 1. The highest BCUT2D eigenvalue weighted by atomic mass is 16.5. The fraction of sp³-hybridized carbons (Fsp3) is 0.812. The Morgan fingerprint density at radius 3 is 2.80 bits per heavy atom. The van der Waals surface area contributed by atoms with Crippen molar-refractivity contribution in [2.24, 2.45) is 5.92 Å². The van der Waals surface area contributed by atoms with Gasteiger partial charge in [0.2, 0.25) is 0 Å². The molecule has 0 bridgehead atoms. The second-order valence-corrected chi connectivity index (χ2v) is 6.35. The number of hydrogen-bond acceptors (Lipinski definition) is 3. The molecule has 20 heavy (non-hydrogen) atoms. The predicted molar refractivity (Wildman–Crippen MR) is 79.5 cm³/mol. The average molecular weight is 277 g/mol. The quantitative estimate of drug-likeness (QED) is 0.869. The molecule has 1 aromatic heterocycles. The van der Waals surface area contributed by atoms with E-state index in [0.717, 1.165) is 31.2 Å². The third-order valence-corrected chi connectivity index (χ3v) is 4.85. The molecule has 1 aliphatic carbocycles. The van der Waals surface area contributed by atoms with Crippen LogP contribution >= 0.6 is 0 Å². The maximum Gasteiger partial charge on any atom is 0.0989 e. The number of aromatic amines is 1. The summed E-state index contributed by atoms with van der Waals surface area (Å²) >= 11 is 0. The zero-order chi connectivity index (χ0) is 13.6. The van der Waals surface area contributed by atoms with Gasteiger partial charge in [0.25, 0.3) is 0 Å². The van der Waals surface area contributed by atoms with Gasteiger partial charge < -0.3 is 15.0 Å². The fourth-order valence-electron chi connectivity index (χ4n) is 3.57. The van der Waals surface area contributed by atoms with E-state index in [4.69, 9.17) is 4.74 Å². The minimum atomic E-state index is 0.217. The van der Waals surface area contributed by atoms with Gasteiger partial charge in [0.15, 0.2) is 0 Å². The van der Waals surface area contributed by atoms with Crippen LogP contribution in [-0.2, 0) is 4.74 Å². The lowest BCUT2D eigenvalue weighted by molar-refractivity contribution is -0.00636. The van der Waals surface area contributed by atoms with E-state index in [9.17, 15) is 0 Å². The third-order valence-electron chi connectivity index (χ3n) is 4.85. The van der Waals surface area contributed by atoms with E-state index in [2.05, 4.69) is 15.3 Å². The number of rotatable bonds is 5. The van der Waals surface area contributed by atoms with Gasteiger partial charge in [0.05, 0.1) is 30.9 Å². The normalized spacial score (nSPS) is 28.6. The second kappa shape index (κ2) is 7.23. The summed E-state index contributed by atoms with van der Waals surface area (Å²) < 4.78 is 5.94. The van der Waals surface area contributed by atoms with Crippen molar-refractivity contribution in [3.05, 3.63) is 18.2 Å². The molecule has 4 heteroatoms. The standard InChI is InChI=1S/C16H27N3O/c1-2-4-13(5-3-1)8-9-18-14-6-7-16(20-11-14)15-10-17-12-19-15/h10,12-14,16,18H,1-9,11H2,(H,17,19)/t14-,16+/m1/s1. The number of nitrogens with one attached hydrogen (secondary N) is 2. The van der Waals surface area contributed by atoms with Crippen LogP contribution in [0, 0.1) is 5.92 Å². The van der Waals surface area contributed by atoms with Crippen LogP contribution < -0.4 is 5.32 Å². The molecule has 1 aromatic rings. The van der Waals surface area contributed by atoms with E-state index in [-0.39, 0.29) is 6.10 Å². The van der Waals surface area contributed by atoms with Crippen LogP contribution in [0.4, 0.5) is 0 Å². The van der Waals surface area contributed by atoms with Crippen molar-refractivity contribution in [2.75, 3.05) is 13.2 Å². The summed E-state index contributed by atoms with van der Waals surface area (Å²) in [6, 6.07) is 0.540. The molecule has 1 saturated carbocycles. The Morgan fingerprint density at radius 1 is 1.20 bits per heavy atom. The first-order valence-corrected chi connectivity index (χ1v) is 8.25. The second-order valence-electron chi connectivity index (χ2n) is 6.35. The molecule has 2 N–H and O–H groups in total. The summed E-state index contributed by atoms with van der Waals surface area (Å²) in [4.78, 5) is 7.22. The van der Waals surface area contributed by atoms with E-state index in [1.54, 1.807) is 6.33 Å². The van der Waals surface area contributed by atoms with Crippen LogP contribution in [0.5, 0.6) is 0 Å². The van der Waals surface area contributed by atoms with Crippen LogP contribution in [0.2, 0.25) is 0 Å². The fourth-order valence-corrected chi connectivity index (χ4v) is 3.57. The molecule has 2 heterocycles. The van der Waals surface area contributed by atoms with Gasteiger partial charge in [-0.1, -0.05) is 32.1 Å². The SMILES string of the molecule is c1ncc([C@@H]2CC[C@@H](NCCC3CCCCC3)CO2)[nH]1. The van der Waals surface area contributed by atoms with Crippen LogP contribution in [0.1, 0.15) is 63.2 Å². The average Bonchev–Trinajstić information content (AvgIpc) is 3.03. The van der Waals surface area contributed by atoms with Gasteiger partial charge in [-0.2, -0.15) is 0 Å². The van der Waals surface area contributed by atoms with Gasteiger partial charge in [-0.05, 0) is 31.7 Å². The molecule has 3 rings (SSSR count). The topological polar surface area (TPSA) is 49.9 Å². The highest BCUT2D eigenvalue weighted by Gasteiger charge is 2.23. The number of ether oxygens (including phenoxy) is 1. The Bertz CT molecular complexity index is 365. The molecule has 0 amide bonds. The summed E-state index contributed by atoms with van der Waals surface area (Å²) in [7, 11) is 0. The first-order chi connectivity index (χ1) is 9.92. The van der Waals surface area contributed by atoms with Gasteiger partial charge in [-0.15, -0.1) is 0 Å². The molecule has 2 fully saturated rings. The summed E-state index contributed by atoms with van der Waals surface area (Å²) in [6.07, 6.45) is 14.7. The monoisotopic (exact) mass is 277 g/mol. The lowest BCUT2D eigenvalue weighted by Gasteiger charge is -2.30. The van der Waals surface area contributed by atoms with Crippen LogP contribution in [-0.4, -0.2) is 29.2 Å². The smallest absolute Gasteiger partial charge is 0.0989 e. The molecule has 0 radical (unpaired) electrons. The van der Waals surface area contributed by atoms with Gasteiger partial charge in [0.1, 0.15) is 0 Å². The number of aromatic nitrogens is 2. The molecular weight excluding hydrogens is 250 g/mol. The summed E-state index contributed by atoms with van der Waals surface area (Å²) in [5, 5.41) is 3.68. The third kappa shape index (κ3) is 3.83. The lowest BCUT2D eigenvalue weighted by Crippen LogP contribution is -2.38. The van der Waals surface area contributed by atoms with Crippen molar-refractivity contribution >= 4 is 0 Å². The summed E-state index contributed by atoms with van der Waals surface area (Å²) in [5.74, 6) is 0.971. The number of H-pyrrole nitrogens is 1. The van der Waals surface area contributed by atoms with Crippen molar-refractivity contribution in [3.8, 4) is 0 Å². The van der Waals surface area contributed by atoms with Crippen molar-refractivity contribution < 1.29 is 4.74 Å². The van der Waals surface area contributed by atoms with Crippen LogP contribution in [0.25, 0.3) is 0 Å². The maximum atomic E-state index is 5.94. The van der Waals surface area contributed by atoms with E-state index in [1.807, 2.05) is 6.20 Å². The Balaban J connectivity index is 1.32. The Hall–Kier alpha value is -0.870. The Kier molecular flexibility index (Phi) is 5.09. The van der Waals surface area contributed by atoms with Gasteiger partial charge in [-0.3, -0.25) is 0 Å². The molecule has 2 atom stereocenters. The van der Waals surface area contributed by atoms with Crippen LogP contribution in [0.15, 0.2) is 12.5 Å². The molecule has 0 unspecified atom stereocenters. The van der Waals surface area contributed by atoms with E-state index < -0.39 is 0 Å². The summed E-state index contributed by atoms with van der Waals surface area (Å²) in [5.41, 5.74) is 1.12. The Morgan fingerprint density at radius 2 is 2.10 bits per heavy atom. The molecular formula is C16H27N3O. The highest BCUT2D eigenvalue weighted by molar-refractivity contribution is 5.01. The molecule has 1 aliphatic heterocycles. The number of hydrogen-bond donors (Lipinski definition) is 2. The van der Waals surface area contributed by atoms with E-state index in [1.165, 1.54) is 44.9 Å². The molecule has 112 valence electrons. The van der Waals surface area contributed by atoms with Crippen molar-refractivity contribution in [2.45, 2.75) is 63.5 Å². The first-order valence-electron chi connectivity index (χ1n) is 8.25. The maximum absolute atomic E-state index is 5.94. The zero-order valence-electron chi connectivity index (χ0n) is 12.3. The van der Waals surface area contributed by atoms with Gasteiger partial charge >= 0.3 is 0 Å². The lowest BCUT2D eigenvalue weighted by atomic mass is 9.87. The van der Waals surface area contributed by atoms with Crippen LogP contribution in [0.3, 0.4) is 0 Å². The van der Waals surface area contributed by atoms with Gasteiger partial charge in [0, 0.05) is 6.04 Å². The molecule has 0 aromatic carbocycles. The van der Waals surface area contributed by atoms with E-state index >= 15 is 0 Å². The first kappa shape index (κ1) is 14.1. The number of nitrogens with zero attached hydrogens (tertiary/aromatic N) is 1. The molecule has 2 aliphatic rings. The summed E-state index contributed by atoms with van der Waals surface area (Å²) in [6.45, 7) is 1.99. The van der Waals surface area contributed by atoms with Crippen molar-refractivity contribution in [1.82, 2.24) is 15.3 Å². The van der Waals surface area contributed by atoms with E-state index in [0.29, 0.717) is 6.04 Å². The largest absolute Gasteiger partial charge is 0.370 e.